The van der Waals surface area contributed by atoms with Gasteiger partial charge in [0.25, 0.3) is 0 Å². The minimum Gasteiger partial charge on any atom is -0.192 e. The van der Waals surface area contributed by atoms with Crippen molar-refractivity contribution in [3.05, 3.63) is 47.5 Å². The van der Waals surface area contributed by atoms with Crippen molar-refractivity contribution in [1.82, 2.24) is 0 Å². The number of nitriles is 1. The number of benzene rings is 1. The molecule has 2 fully saturated rings. The molecule has 1 heteroatoms. The van der Waals surface area contributed by atoms with Crippen molar-refractivity contribution in [3.63, 3.8) is 0 Å². The third-order valence-electron chi connectivity index (χ3n) is 6.83. The molecular formula is C27H35N. The zero-order valence-corrected chi connectivity index (χ0v) is 17.5. The van der Waals surface area contributed by atoms with Gasteiger partial charge in [0.15, 0.2) is 0 Å². The molecule has 148 valence electrons. The summed E-state index contributed by atoms with van der Waals surface area (Å²) >= 11 is 0. The van der Waals surface area contributed by atoms with Gasteiger partial charge in [-0.2, -0.15) is 5.26 Å². The van der Waals surface area contributed by atoms with E-state index in [1.54, 1.807) is 0 Å². The van der Waals surface area contributed by atoms with E-state index in [9.17, 15) is 0 Å². The number of rotatable bonds is 5. The first kappa shape index (κ1) is 20.7. The molecule has 3 rings (SSSR count). The lowest BCUT2D eigenvalue weighted by Gasteiger charge is -2.26. The summed E-state index contributed by atoms with van der Waals surface area (Å²) in [4.78, 5) is 0. The van der Waals surface area contributed by atoms with Crippen LogP contribution >= 0.6 is 0 Å². The molecule has 0 atom stereocenters. The Bertz CT molecular complexity index is 708. The van der Waals surface area contributed by atoms with Crippen LogP contribution in [0, 0.1) is 40.9 Å². The number of hydrogen-bond donors (Lipinski definition) is 0. The third kappa shape index (κ3) is 6.27. The Morgan fingerprint density at radius 2 is 1.68 bits per heavy atom. The van der Waals surface area contributed by atoms with Crippen molar-refractivity contribution in [2.24, 2.45) is 17.8 Å². The average Bonchev–Trinajstić information content (AvgIpc) is 2.76. The second-order valence-corrected chi connectivity index (χ2v) is 8.85. The summed E-state index contributed by atoms with van der Waals surface area (Å²) in [5.74, 6) is 9.81. The van der Waals surface area contributed by atoms with E-state index in [4.69, 9.17) is 5.26 Å². The van der Waals surface area contributed by atoms with Gasteiger partial charge < -0.3 is 0 Å². The van der Waals surface area contributed by atoms with Gasteiger partial charge in [0, 0.05) is 5.92 Å². The summed E-state index contributed by atoms with van der Waals surface area (Å²) in [5, 5.41) is 8.93. The summed E-state index contributed by atoms with van der Waals surface area (Å²) in [6, 6.07) is 10.4. The molecule has 1 nitrogen and oxygen atoms in total. The SMILES string of the molecule is CCCCC1CCC(C=CC#CC2CCC(c3ccc(C#N)cc3)CC2)CC1. The molecule has 0 N–H and O–H groups in total. The fourth-order valence-electron chi connectivity index (χ4n) is 4.91. The van der Waals surface area contributed by atoms with Crippen LogP contribution in [0.5, 0.6) is 0 Å². The largest absolute Gasteiger partial charge is 0.192 e. The van der Waals surface area contributed by atoms with Gasteiger partial charge in [0.2, 0.25) is 0 Å². The Kier molecular flexibility index (Phi) is 8.23. The third-order valence-corrected chi connectivity index (χ3v) is 6.83. The Hall–Kier alpha value is -1.99. The van der Waals surface area contributed by atoms with Crippen LogP contribution in [0.25, 0.3) is 0 Å². The van der Waals surface area contributed by atoms with Crippen molar-refractivity contribution < 1.29 is 0 Å². The Morgan fingerprint density at radius 3 is 2.32 bits per heavy atom. The van der Waals surface area contributed by atoms with Crippen molar-refractivity contribution >= 4 is 0 Å². The minimum absolute atomic E-state index is 0.559. The molecule has 0 spiro atoms. The molecule has 0 aromatic heterocycles. The monoisotopic (exact) mass is 373 g/mol. The van der Waals surface area contributed by atoms with Crippen LogP contribution in [0.1, 0.15) is 94.6 Å². The minimum atomic E-state index is 0.559. The first-order valence-electron chi connectivity index (χ1n) is 11.5. The molecular weight excluding hydrogens is 338 g/mol. The molecule has 0 radical (unpaired) electrons. The predicted molar refractivity (Wildman–Crippen MR) is 118 cm³/mol. The summed E-state index contributed by atoms with van der Waals surface area (Å²) in [7, 11) is 0. The average molecular weight is 374 g/mol. The maximum Gasteiger partial charge on any atom is 0.0991 e. The van der Waals surface area contributed by atoms with Gasteiger partial charge in [0.05, 0.1) is 11.6 Å². The van der Waals surface area contributed by atoms with Crippen LogP contribution in [0.3, 0.4) is 0 Å². The summed E-state index contributed by atoms with van der Waals surface area (Å²) in [5.41, 5.74) is 2.14. The molecule has 0 amide bonds. The van der Waals surface area contributed by atoms with Crippen molar-refractivity contribution in [3.8, 4) is 17.9 Å². The summed E-state index contributed by atoms with van der Waals surface area (Å²) < 4.78 is 0. The molecule has 0 unspecified atom stereocenters. The molecule has 1 aromatic rings. The smallest absolute Gasteiger partial charge is 0.0991 e. The standard InChI is InChI=1S/C27H35N/c1-2-3-6-22-9-11-23(12-10-22)7-4-5-8-24-13-17-26(18-14-24)27-19-15-25(21-28)16-20-27/h4,7,15-16,19-20,22-24,26H,2-3,6,9-14,17-18H2,1H3. The van der Waals surface area contributed by atoms with Gasteiger partial charge in [-0.15, -0.1) is 0 Å². The topological polar surface area (TPSA) is 23.8 Å². The zero-order valence-electron chi connectivity index (χ0n) is 17.5. The molecule has 0 heterocycles. The molecule has 0 aliphatic heterocycles. The highest BCUT2D eigenvalue weighted by atomic mass is 14.3. The Balaban J connectivity index is 1.38. The van der Waals surface area contributed by atoms with E-state index in [0.29, 0.717) is 11.8 Å². The van der Waals surface area contributed by atoms with Gasteiger partial charge >= 0.3 is 0 Å². The van der Waals surface area contributed by atoms with E-state index in [0.717, 1.165) is 17.4 Å². The normalized spacial score (nSPS) is 27.7. The lowest BCUT2D eigenvalue weighted by atomic mass is 9.79. The van der Waals surface area contributed by atoms with E-state index < -0.39 is 0 Å². The fourth-order valence-corrected chi connectivity index (χ4v) is 4.91. The van der Waals surface area contributed by atoms with Crippen LogP contribution in [0.2, 0.25) is 0 Å². The Labute approximate surface area is 172 Å². The van der Waals surface area contributed by atoms with Gasteiger partial charge in [-0.25, -0.2) is 0 Å². The van der Waals surface area contributed by atoms with E-state index in [2.05, 4.69) is 49.1 Å². The molecule has 2 aliphatic rings. The van der Waals surface area contributed by atoms with Gasteiger partial charge in [-0.3, -0.25) is 0 Å². The molecule has 28 heavy (non-hydrogen) atoms. The van der Waals surface area contributed by atoms with Crippen LogP contribution < -0.4 is 0 Å². The first-order chi connectivity index (χ1) is 13.8. The second kappa shape index (κ2) is 11.1. The van der Waals surface area contributed by atoms with E-state index in [1.807, 2.05) is 12.1 Å². The predicted octanol–water partition coefficient (Wildman–Crippen LogP) is 7.39. The number of allylic oxidation sites excluding steroid dienone is 2. The quantitative estimate of drug-likeness (QED) is 0.494. The Morgan fingerprint density at radius 1 is 0.964 bits per heavy atom. The van der Waals surface area contributed by atoms with Gasteiger partial charge in [-0.1, -0.05) is 56.2 Å². The lowest BCUT2D eigenvalue weighted by Crippen LogP contribution is -2.13. The fraction of sp³-hybridized carbons (Fsp3) is 0.593. The zero-order chi connectivity index (χ0) is 19.6. The van der Waals surface area contributed by atoms with Crippen LogP contribution in [-0.4, -0.2) is 0 Å². The highest BCUT2D eigenvalue weighted by Gasteiger charge is 2.21. The second-order valence-electron chi connectivity index (χ2n) is 8.85. The van der Waals surface area contributed by atoms with Crippen molar-refractivity contribution in [2.75, 3.05) is 0 Å². The van der Waals surface area contributed by atoms with Crippen LogP contribution in [0.15, 0.2) is 36.4 Å². The molecule has 0 bridgehead atoms. The van der Waals surface area contributed by atoms with Gasteiger partial charge in [-0.05, 0) is 92.9 Å². The maximum atomic E-state index is 8.93. The summed E-state index contributed by atoms with van der Waals surface area (Å²) in [6.45, 7) is 2.30. The van der Waals surface area contributed by atoms with Crippen LogP contribution in [-0.2, 0) is 0 Å². The number of nitrogens with zero attached hydrogens (tertiary/aromatic N) is 1. The molecule has 1 aromatic carbocycles. The maximum absolute atomic E-state index is 8.93. The van der Waals surface area contributed by atoms with E-state index in [1.165, 1.54) is 76.2 Å². The lowest BCUT2D eigenvalue weighted by molar-refractivity contribution is 0.291. The number of unbranched alkanes of at least 4 members (excludes halogenated alkanes) is 1. The molecule has 2 aliphatic carbocycles. The highest BCUT2D eigenvalue weighted by Crippen LogP contribution is 2.35. The summed E-state index contributed by atoms with van der Waals surface area (Å²) in [6.07, 6.45) is 19.1. The van der Waals surface area contributed by atoms with Gasteiger partial charge in [0.1, 0.15) is 0 Å². The van der Waals surface area contributed by atoms with E-state index >= 15 is 0 Å². The first-order valence-corrected chi connectivity index (χ1v) is 11.5. The molecule has 0 saturated heterocycles. The van der Waals surface area contributed by atoms with Crippen molar-refractivity contribution in [1.29, 1.82) is 5.26 Å². The molecule has 2 saturated carbocycles. The van der Waals surface area contributed by atoms with Crippen LogP contribution in [0.4, 0.5) is 0 Å². The highest BCUT2D eigenvalue weighted by molar-refractivity contribution is 5.33. The van der Waals surface area contributed by atoms with E-state index in [-0.39, 0.29) is 0 Å². The number of hydrogen-bond acceptors (Lipinski definition) is 1. The van der Waals surface area contributed by atoms with Crippen molar-refractivity contribution in [2.45, 2.75) is 83.5 Å².